The Kier molecular flexibility index (Phi) is 20.7. The van der Waals surface area contributed by atoms with Crippen LogP contribution in [0.4, 0.5) is 5.69 Å². The summed E-state index contributed by atoms with van der Waals surface area (Å²) in [6, 6.07) is 15.5. The van der Waals surface area contributed by atoms with E-state index in [2.05, 4.69) is 34.1 Å². The van der Waals surface area contributed by atoms with Crippen LogP contribution in [0.2, 0.25) is 0 Å². The van der Waals surface area contributed by atoms with Gasteiger partial charge in [0.05, 0.1) is 39.0 Å². The number of nitrogens with zero attached hydrogens (tertiary/aromatic N) is 3. The molecule has 0 bridgehead atoms. The molecule has 2 aromatic carbocycles. The van der Waals surface area contributed by atoms with Gasteiger partial charge < -0.3 is 24.4 Å². The van der Waals surface area contributed by atoms with E-state index < -0.39 is 0 Å². The van der Waals surface area contributed by atoms with Gasteiger partial charge in [-0.1, -0.05) is 89.0 Å². The molecule has 2 N–H and O–H groups in total. The largest absolute Gasteiger partial charge is 0.379 e. The molecule has 4 rings (SSSR count). The van der Waals surface area contributed by atoms with Gasteiger partial charge in [-0.3, -0.25) is 24.6 Å². The Labute approximate surface area is 328 Å². The quantitative estimate of drug-likeness (QED) is 0.0667. The highest BCUT2D eigenvalue weighted by Crippen LogP contribution is 2.44. The van der Waals surface area contributed by atoms with Gasteiger partial charge in [0.1, 0.15) is 17.6 Å². The molecule has 296 valence electrons. The van der Waals surface area contributed by atoms with Gasteiger partial charge in [-0.05, 0) is 36.5 Å². The molecule has 2 aliphatic heterocycles. The number of Topliss-reactive ketones (excluding diaryl/α,β-unsaturated/α-hetero) is 2. The summed E-state index contributed by atoms with van der Waals surface area (Å²) >= 11 is 0. The molecule has 2 atom stereocenters. The highest BCUT2D eigenvalue weighted by atomic mass is 33.1. The number of benzene rings is 2. The number of carbonyl (C=O) groups excluding carboxylic acids is 4. The van der Waals surface area contributed by atoms with Crippen LogP contribution in [0.1, 0.15) is 106 Å². The maximum absolute atomic E-state index is 13.6. The van der Waals surface area contributed by atoms with Crippen molar-refractivity contribution in [1.29, 1.82) is 0 Å². The van der Waals surface area contributed by atoms with Crippen LogP contribution in [0.15, 0.2) is 58.9 Å². The molecule has 2 amide bonds. The third-order valence-electron chi connectivity index (χ3n) is 9.17. The van der Waals surface area contributed by atoms with Crippen molar-refractivity contribution in [3.63, 3.8) is 0 Å². The summed E-state index contributed by atoms with van der Waals surface area (Å²) in [4.78, 5) is 51.8. The lowest BCUT2D eigenvalue weighted by molar-refractivity contribution is -0.124. The summed E-state index contributed by atoms with van der Waals surface area (Å²) in [5, 5.41) is 11.5. The van der Waals surface area contributed by atoms with Crippen molar-refractivity contribution in [2.24, 2.45) is 10.3 Å². The first kappa shape index (κ1) is 43.4. The molecule has 2 aromatic rings. The summed E-state index contributed by atoms with van der Waals surface area (Å²) in [7, 11) is 3.37. The van der Waals surface area contributed by atoms with Crippen LogP contribution in [0, 0.1) is 0 Å². The first-order chi connectivity index (χ1) is 26.5. The predicted molar refractivity (Wildman–Crippen MR) is 214 cm³/mol. The topological polar surface area (TPSA) is 148 Å². The van der Waals surface area contributed by atoms with Crippen LogP contribution in [-0.4, -0.2) is 81.1 Å². The van der Waals surface area contributed by atoms with Gasteiger partial charge in [0.25, 0.3) is 0 Å². The van der Waals surface area contributed by atoms with Gasteiger partial charge in [-0.25, -0.2) is 0 Å². The van der Waals surface area contributed by atoms with Crippen molar-refractivity contribution in [3.05, 3.63) is 65.2 Å². The van der Waals surface area contributed by atoms with E-state index >= 15 is 0 Å². The van der Waals surface area contributed by atoms with Crippen molar-refractivity contribution in [2.45, 2.75) is 96.2 Å². The highest BCUT2D eigenvalue weighted by molar-refractivity contribution is 8.76. The van der Waals surface area contributed by atoms with Crippen LogP contribution in [-0.2, 0) is 39.9 Å². The zero-order chi connectivity index (χ0) is 38.2. The van der Waals surface area contributed by atoms with Gasteiger partial charge >= 0.3 is 0 Å². The minimum atomic E-state index is -0.240. The molecule has 0 saturated carbocycles. The lowest BCUT2D eigenvalue weighted by Gasteiger charge is -2.32. The van der Waals surface area contributed by atoms with E-state index in [1.54, 1.807) is 26.5 Å². The number of unbranched alkanes of at least 4 members (excludes halogenated alkanes) is 2. The average Bonchev–Trinajstić information content (AvgIpc) is 3.66. The Morgan fingerprint density at radius 3 is 2.13 bits per heavy atom. The molecule has 0 radical (unpaired) electrons. The Morgan fingerprint density at radius 1 is 0.741 bits per heavy atom. The molecule has 12 nitrogen and oxygen atoms in total. The third kappa shape index (κ3) is 15.4. The van der Waals surface area contributed by atoms with E-state index in [4.69, 9.17) is 14.2 Å². The Hall–Kier alpha value is -3.30. The van der Waals surface area contributed by atoms with Crippen LogP contribution in [0.25, 0.3) is 0 Å². The normalized spacial score (nSPS) is 15.8. The number of ketones is 2. The maximum atomic E-state index is 13.6. The highest BCUT2D eigenvalue weighted by Gasteiger charge is 2.36. The first-order valence-corrected chi connectivity index (χ1v) is 21.9. The lowest BCUT2D eigenvalue weighted by atomic mass is 9.88. The Bertz CT molecular complexity index is 1500. The summed E-state index contributed by atoms with van der Waals surface area (Å²) in [6.45, 7) is 5.95. The van der Waals surface area contributed by atoms with E-state index in [1.807, 2.05) is 42.5 Å². The predicted octanol–water partition coefficient (Wildman–Crippen LogP) is 7.28. The molecule has 14 heteroatoms. The SMILES string of the molecule is CCCCCC(=O)NCCSSCCC(=O)CCCOCCOCCOCCCC(=O)CCC(=O)N1Cc2ccccc2C2NN=NC2c2ccccc21. The zero-order valence-electron chi connectivity index (χ0n) is 31.6. The fraction of sp³-hybridized carbons (Fsp3) is 0.600. The molecule has 0 aliphatic carbocycles. The second-order valence-electron chi connectivity index (χ2n) is 13.3. The van der Waals surface area contributed by atoms with Crippen LogP contribution < -0.4 is 15.6 Å². The molecule has 2 unspecified atom stereocenters. The Balaban J connectivity index is 0.958. The van der Waals surface area contributed by atoms with E-state index in [9.17, 15) is 19.2 Å². The number of para-hydroxylation sites is 1. The number of amides is 2. The number of hydrogen-bond donors (Lipinski definition) is 2. The van der Waals surface area contributed by atoms with E-state index in [1.165, 1.54) is 0 Å². The average molecular weight is 784 g/mol. The number of hydrogen-bond acceptors (Lipinski definition) is 12. The van der Waals surface area contributed by atoms with Crippen LogP contribution >= 0.6 is 21.6 Å². The van der Waals surface area contributed by atoms with Gasteiger partial charge in [0.2, 0.25) is 11.8 Å². The van der Waals surface area contributed by atoms with E-state index in [0.29, 0.717) is 91.3 Å². The second kappa shape index (κ2) is 25.7. The number of ether oxygens (including phenoxy) is 3. The fourth-order valence-corrected chi connectivity index (χ4v) is 8.20. The number of rotatable bonds is 28. The summed E-state index contributed by atoms with van der Waals surface area (Å²) in [5.74, 6) is 1.94. The third-order valence-corrected chi connectivity index (χ3v) is 11.6. The number of nitrogens with one attached hydrogen (secondary N) is 2. The van der Waals surface area contributed by atoms with Crippen molar-refractivity contribution < 1.29 is 33.4 Å². The molecular formula is C40H57N5O7S2. The molecule has 0 aromatic heterocycles. The van der Waals surface area contributed by atoms with Crippen molar-refractivity contribution in [1.82, 2.24) is 10.7 Å². The van der Waals surface area contributed by atoms with Gasteiger partial charge in [-0.15, -0.1) is 0 Å². The van der Waals surface area contributed by atoms with E-state index in [-0.39, 0.29) is 48.3 Å². The molecule has 2 aliphatic rings. The number of anilines is 1. The van der Waals surface area contributed by atoms with Crippen molar-refractivity contribution in [3.8, 4) is 0 Å². The van der Waals surface area contributed by atoms with Gasteiger partial charge in [0, 0.05) is 81.0 Å². The molecule has 54 heavy (non-hydrogen) atoms. The minimum absolute atomic E-state index is 0.0426. The van der Waals surface area contributed by atoms with E-state index in [0.717, 1.165) is 53.1 Å². The summed E-state index contributed by atoms with van der Waals surface area (Å²) in [6.07, 6.45) is 6.80. The molecule has 2 heterocycles. The van der Waals surface area contributed by atoms with Crippen LogP contribution in [0.3, 0.4) is 0 Å². The number of fused-ring (bicyclic) bond motifs is 5. The standard InChI is InChI=1S/C40H57N5O7S2/c1-2-3-4-17-37(48)41-21-29-54-53-28-20-33(47)13-10-23-51-25-27-52-26-24-50-22-9-12-32(46)18-19-38(49)45-30-31-11-5-6-14-34(31)39-40(43-44-42-39)35-15-7-8-16-36(35)45/h5-8,11,14-16,39-40H,2-4,9-10,12-13,17-30H2,1H3,(H,41,48)(H,42,43). The maximum Gasteiger partial charge on any atom is 0.227 e. The van der Waals surface area contributed by atoms with Crippen molar-refractivity contribution in [2.75, 3.05) is 62.6 Å². The summed E-state index contributed by atoms with van der Waals surface area (Å²) < 4.78 is 16.8. The van der Waals surface area contributed by atoms with Crippen LogP contribution in [0.5, 0.6) is 0 Å². The Morgan fingerprint density at radius 2 is 1.39 bits per heavy atom. The van der Waals surface area contributed by atoms with Crippen molar-refractivity contribution >= 4 is 50.7 Å². The molecule has 0 spiro atoms. The summed E-state index contributed by atoms with van der Waals surface area (Å²) in [5.41, 5.74) is 6.99. The second-order valence-corrected chi connectivity index (χ2v) is 16.0. The van der Waals surface area contributed by atoms with Gasteiger partial charge in [-0.2, -0.15) is 5.11 Å². The lowest BCUT2D eigenvalue weighted by Crippen LogP contribution is -2.34. The first-order valence-electron chi connectivity index (χ1n) is 19.4. The minimum Gasteiger partial charge on any atom is -0.379 e. The molecular weight excluding hydrogens is 727 g/mol. The zero-order valence-corrected chi connectivity index (χ0v) is 33.3. The molecule has 0 fully saturated rings. The monoisotopic (exact) mass is 783 g/mol. The van der Waals surface area contributed by atoms with Gasteiger partial charge in [0.15, 0.2) is 0 Å². The molecule has 0 saturated heterocycles. The smallest absolute Gasteiger partial charge is 0.227 e. The fourth-order valence-electron chi connectivity index (χ4n) is 6.26. The number of carbonyl (C=O) groups is 4.